The van der Waals surface area contributed by atoms with Gasteiger partial charge in [0.1, 0.15) is 11.8 Å². The van der Waals surface area contributed by atoms with Crippen molar-refractivity contribution in [3.63, 3.8) is 0 Å². The molecular weight excluding hydrogens is 192 g/mol. The predicted molar refractivity (Wildman–Crippen MR) is 52.7 cm³/mol. The molecule has 1 heterocycles. The van der Waals surface area contributed by atoms with Crippen LogP contribution >= 0.6 is 0 Å². The van der Waals surface area contributed by atoms with Gasteiger partial charge in [0.2, 0.25) is 0 Å². The van der Waals surface area contributed by atoms with Gasteiger partial charge in [-0.15, -0.1) is 0 Å². The first-order valence-corrected chi connectivity index (χ1v) is 4.38. The molecule has 0 aromatic heterocycles. The maximum absolute atomic E-state index is 10.9. The van der Waals surface area contributed by atoms with E-state index in [0.717, 1.165) is 5.56 Å². The first-order valence-electron chi connectivity index (χ1n) is 4.38. The van der Waals surface area contributed by atoms with Gasteiger partial charge in [0.25, 0.3) is 0 Å². The molecule has 4 heteroatoms. The fraction of sp³-hybridized carbons (Fsp3) is 0.0909. The number of carbonyl (C=O) groups excluding carboxylic acids is 1. The van der Waals surface area contributed by atoms with Crippen LogP contribution in [0, 0.1) is 11.3 Å². The van der Waals surface area contributed by atoms with Crippen LogP contribution < -0.4 is 5.32 Å². The molecule has 1 N–H and O–H groups in total. The minimum absolute atomic E-state index is 0.315. The molecule has 2 rings (SSSR count). The summed E-state index contributed by atoms with van der Waals surface area (Å²) in [7, 11) is 0. The monoisotopic (exact) mass is 200 g/mol. The normalized spacial score (nSPS) is 19.3. The van der Waals surface area contributed by atoms with Gasteiger partial charge >= 0.3 is 6.09 Å². The number of carbonyl (C=O) groups is 1. The molecule has 1 fully saturated rings. The van der Waals surface area contributed by atoms with Crippen molar-refractivity contribution in [1.29, 1.82) is 5.26 Å². The summed E-state index contributed by atoms with van der Waals surface area (Å²) < 4.78 is 4.78. The second kappa shape index (κ2) is 3.46. The Kier molecular flexibility index (Phi) is 2.14. The molecule has 1 aliphatic heterocycles. The molecule has 0 bridgehead atoms. The van der Waals surface area contributed by atoms with E-state index in [-0.39, 0.29) is 6.04 Å². The Bertz CT molecular complexity index is 456. The van der Waals surface area contributed by atoms with E-state index in [1.54, 1.807) is 24.3 Å². The highest BCUT2D eigenvalue weighted by atomic mass is 16.6. The average Bonchev–Trinajstić information content (AvgIpc) is 2.58. The average molecular weight is 200 g/mol. The lowest BCUT2D eigenvalue weighted by molar-refractivity contribution is 0.195. The van der Waals surface area contributed by atoms with E-state index in [9.17, 15) is 4.79 Å². The number of nitrogens with zero attached hydrogens (tertiary/aromatic N) is 1. The van der Waals surface area contributed by atoms with Crippen LogP contribution in [-0.2, 0) is 4.74 Å². The molecule has 1 aromatic rings. The number of alkyl carbamates (subject to hydrolysis) is 1. The molecule has 1 aliphatic rings. The van der Waals surface area contributed by atoms with Crippen molar-refractivity contribution in [3.05, 3.63) is 47.7 Å². The fourth-order valence-corrected chi connectivity index (χ4v) is 1.43. The molecule has 1 amide bonds. The Morgan fingerprint density at radius 2 is 2.07 bits per heavy atom. The first-order chi connectivity index (χ1) is 7.20. The molecule has 1 unspecified atom stereocenters. The van der Waals surface area contributed by atoms with Crippen LogP contribution in [0.25, 0.3) is 0 Å². The van der Waals surface area contributed by atoms with E-state index >= 15 is 0 Å². The van der Waals surface area contributed by atoms with Crippen LogP contribution in [0.1, 0.15) is 17.2 Å². The van der Waals surface area contributed by atoms with E-state index in [1.807, 2.05) is 6.07 Å². The topological polar surface area (TPSA) is 62.1 Å². The van der Waals surface area contributed by atoms with Crippen molar-refractivity contribution < 1.29 is 9.53 Å². The van der Waals surface area contributed by atoms with E-state index in [0.29, 0.717) is 11.3 Å². The lowest BCUT2D eigenvalue weighted by Gasteiger charge is -2.07. The second-order valence-corrected chi connectivity index (χ2v) is 3.17. The van der Waals surface area contributed by atoms with E-state index < -0.39 is 6.09 Å². The van der Waals surface area contributed by atoms with Crippen molar-refractivity contribution in [1.82, 2.24) is 5.32 Å². The van der Waals surface area contributed by atoms with Crippen LogP contribution in [0.2, 0.25) is 0 Å². The smallest absolute Gasteiger partial charge is 0.413 e. The quantitative estimate of drug-likeness (QED) is 0.752. The lowest BCUT2D eigenvalue weighted by atomic mass is 10.0. The summed E-state index contributed by atoms with van der Waals surface area (Å²) in [6, 6.07) is 8.62. The molecule has 74 valence electrons. The van der Waals surface area contributed by atoms with E-state index in [1.165, 1.54) is 0 Å². The van der Waals surface area contributed by atoms with Crippen LogP contribution in [-0.4, -0.2) is 6.09 Å². The number of benzene rings is 1. The number of ether oxygens (including phenoxy) is 1. The van der Waals surface area contributed by atoms with Crippen LogP contribution in [0.3, 0.4) is 0 Å². The number of rotatable bonds is 1. The highest BCUT2D eigenvalue weighted by Crippen LogP contribution is 2.26. The zero-order valence-corrected chi connectivity index (χ0v) is 7.86. The molecule has 15 heavy (non-hydrogen) atoms. The maximum atomic E-state index is 10.9. The summed E-state index contributed by atoms with van der Waals surface area (Å²) in [6.07, 6.45) is -0.491. The molecule has 0 aliphatic carbocycles. The van der Waals surface area contributed by atoms with Crippen molar-refractivity contribution in [2.24, 2.45) is 0 Å². The zero-order chi connectivity index (χ0) is 10.8. The number of amides is 1. The van der Waals surface area contributed by atoms with E-state index in [2.05, 4.69) is 11.9 Å². The third kappa shape index (κ3) is 1.67. The Balaban J connectivity index is 2.27. The van der Waals surface area contributed by atoms with Gasteiger partial charge in [0, 0.05) is 0 Å². The van der Waals surface area contributed by atoms with Gasteiger partial charge in [-0.2, -0.15) is 5.26 Å². The van der Waals surface area contributed by atoms with Crippen LogP contribution in [0.4, 0.5) is 4.79 Å². The molecule has 1 aromatic carbocycles. The Morgan fingerprint density at radius 1 is 1.40 bits per heavy atom. The summed E-state index contributed by atoms with van der Waals surface area (Å²) in [4.78, 5) is 10.9. The highest BCUT2D eigenvalue weighted by molar-refractivity contribution is 5.73. The van der Waals surface area contributed by atoms with Gasteiger partial charge in [0.05, 0.1) is 11.6 Å². The number of hydrogen-bond donors (Lipinski definition) is 1. The first kappa shape index (κ1) is 9.28. The lowest BCUT2D eigenvalue weighted by Crippen LogP contribution is -2.17. The zero-order valence-electron chi connectivity index (χ0n) is 7.86. The highest BCUT2D eigenvalue weighted by Gasteiger charge is 2.28. The molecule has 0 radical (unpaired) electrons. The Morgan fingerprint density at radius 3 is 2.53 bits per heavy atom. The number of nitriles is 1. The molecule has 4 nitrogen and oxygen atoms in total. The van der Waals surface area contributed by atoms with Gasteiger partial charge < -0.3 is 10.1 Å². The minimum atomic E-state index is -0.491. The van der Waals surface area contributed by atoms with Crippen molar-refractivity contribution >= 4 is 6.09 Å². The summed E-state index contributed by atoms with van der Waals surface area (Å²) >= 11 is 0. The third-order valence-electron chi connectivity index (χ3n) is 2.18. The SMILES string of the molecule is C=C1OC(=O)NC1c1ccc(C#N)cc1. The maximum Gasteiger partial charge on any atom is 0.413 e. The number of hydrogen-bond acceptors (Lipinski definition) is 3. The molecule has 0 saturated carbocycles. The van der Waals surface area contributed by atoms with Gasteiger partial charge in [-0.05, 0) is 17.7 Å². The van der Waals surface area contributed by atoms with Crippen LogP contribution in [0.5, 0.6) is 0 Å². The minimum Gasteiger partial charge on any atom is -0.413 e. The van der Waals surface area contributed by atoms with Crippen molar-refractivity contribution in [3.8, 4) is 6.07 Å². The van der Waals surface area contributed by atoms with Gasteiger partial charge in [0.15, 0.2) is 0 Å². The predicted octanol–water partition coefficient (Wildman–Crippen LogP) is 1.85. The summed E-state index contributed by atoms with van der Waals surface area (Å²) in [5.41, 5.74) is 1.43. The van der Waals surface area contributed by atoms with Crippen LogP contribution in [0.15, 0.2) is 36.6 Å². The Hall–Kier alpha value is -2.28. The van der Waals surface area contributed by atoms with Gasteiger partial charge in [-0.25, -0.2) is 4.79 Å². The number of cyclic esters (lactones) is 1. The van der Waals surface area contributed by atoms with Crippen molar-refractivity contribution in [2.45, 2.75) is 6.04 Å². The summed E-state index contributed by atoms with van der Waals surface area (Å²) in [5.74, 6) is 0.379. The van der Waals surface area contributed by atoms with Gasteiger partial charge in [-0.1, -0.05) is 18.7 Å². The van der Waals surface area contributed by atoms with E-state index in [4.69, 9.17) is 10.00 Å². The second-order valence-electron chi connectivity index (χ2n) is 3.17. The fourth-order valence-electron chi connectivity index (χ4n) is 1.43. The molecular formula is C11H8N2O2. The standard InChI is InChI=1S/C11H8N2O2/c1-7-10(13-11(14)15-7)9-4-2-8(6-12)3-5-9/h2-5,10H,1H2,(H,13,14). The van der Waals surface area contributed by atoms with Crippen molar-refractivity contribution in [2.75, 3.05) is 0 Å². The summed E-state index contributed by atoms with van der Waals surface area (Å²) in [6.45, 7) is 3.63. The molecule has 1 saturated heterocycles. The third-order valence-corrected chi connectivity index (χ3v) is 2.18. The largest absolute Gasteiger partial charge is 0.413 e. The van der Waals surface area contributed by atoms with Gasteiger partial charge in [-0.3, -0.25) is 0 Å². The molecule has 1 atom stereocenters. The molecule has 0 spiro atoms. The number of nitrogens with one attached hydrogen (secondary N) is 1. The Labute approximate surface area is 86.8 Å². The summed E-state index contributed by atoms with van der Waals surface area (Å²) in [5, 5.41) is 11.2.